The number of benzene rings is 2. The number of rotatable bonds is 7. The number of carbonyl (C=O) groups is 2. The van der Waals surface area contributed by atoms with Crippen LogP contribution in [-0.4, -0.2) is 17.4 Å². The monoisotopic (exact) mass is 349 g/mol. The fourth-order valence-corrected chi connectivity index (χ4v) is 2.98. The topological polar surface area (TPSA) is 46.2 Å². The Kier molecular flexibility index (Phi) is 6.49. The zero-order valence-corrected chi connectivity index (χ0v) is 14.0. The van der Waals surface area contributed by atoms with Gasteiger partial charge >= 0.3 is 0 Å². The van der Waals surface area contributed by atoms with E-state index in [4.69, 9.17) is 0 Å². The van der Waals surface area contributed by atoms with Gasteiger partial charge in [-0.15, -0.1) is 11.8 Å². The molecule has 1 N–H and O–H groups in total. The minimum atomic E-state index is -0.876. The molecule has 0 saturated carbocycles. The molecule has 0 fully saturated rings. The molecule has 0 atom stereocenters. The zero-order chi connectivity index (χ0) is 17.5. The zero-order valence-electron chi connectivity index (χ0n) is 13.1. The van der Waals surface area contributed by atoms with Crippen LogP contribution < -0.4 is 5.32 Å². The van der Waals surface area contributed by atoms with E-state index in [0.29, 0.717) is 28.3 Å². The van der Waals surface area contributed by atoms with Crippen LogP contribution in [0.15, 0.2) is 47.4 Å². The highest BCUT2D eigenvalue weighted by Gasteiger charge is 2.09. The quantitative estimate of drug-likeness (QED) is 0.448. The molecule has 0 aromatic heterocycles. The van der Waals surface area contributed by atoms with Crippen molar-refractivity contribution in [3.63, 3.8) is 0 Å². The van der Waals surface area contributed by atoms with E-state index >= 15 is 0 Å². The summed E-state index contributed by atoms with van der Waals surface area (Å²) in [4.78, 5) is 24.1. The second kappa shape index (κ2) is 8.59. The molecule has 0 saturated heterocycles. The summed E-state index contributed by atoms with van der Waals surface area (Å²) in [5.74, 6) is -1.44. The van der Waals surface area contributed by atoms with Gasteiger partial charge in [0.25, 0.3) is 0 Å². The summed E-state index contributed by atoms with van der Waals surface area (Å²) in [5.41, 5.74) is 0.977. The first kappa shape index (κ1) is 18.1. The fraction of sp³-hybridized carbons (Fsp3) is 0.222. The second-order valence-corrected chi connectivity index (χ2v) is 6.35. The number of anilines is 1. The molecule has 6 heteroatoms. The number of Topliss-reactive ketones (excluding diaryl/α,β-unsaturated/α-hetero) is 1. The van der Waals surface area contributed by atoms with Gasteiger partial charge in [-0.2, -0.15) is 0 Å². The number of halogens is 2. The molecular formula is C18H17F2NO2S. The van der Waals surface area contributed by atoms with E-state index in [-0.39, 0.29) is 18.1 Å². The normalized spacial score (nSPS) is 10.5. The highest BCUT2D eigenvalue weighted by molar-refractivity contribution is 7.99. The first-order chi connectivity index (χ1) is 11.5. The number of nitrogens with one attached hydrogen (secondary N) is 1. The molecular weight excluding hydrogens is 332 g/mol. The average Bonchev–Trinajstić information content (AvgIpc) is 2.55. The number of para-hydroxylation sites is 1. The molecule has 2 aromatic rings. The SMILES string of the molecule is CC(=O)c1ccccc1NC(=O)CCCSc1ccc(F)c(F)c1. The summed E-state index contributed by atoms with van der Waals surface area (Å²) < 4.78 is 25.9. The van der Waals surface area contributed by atoms with Gasteiger partial charge in [0.2, 0.25) is 5.91 Å². The van der Waals surface area contributed by atoms with Crippen molar-refractivity contribution in [1.29, 1.82) is 0 Å². The van der Waals surface area contributed by atoms with Gasteiger partial charge < -0.3 is 5.32 Å². The number of ketones is 1. The van der Waals surface area contributed by atoms with Crippen LogP contribution in [0.4, 0.5) is 14.5 Å². The summed E-state index contributed by atoms with van der Waals surface area (Å²) >= 11 is 1.36. The standard InChI is InChI=1S/C18H17F2NO2S/c1-12(22)14-5-2-3-6-17(14)21-18(23)7-4-10-24-13-8-9-15(19)16(20)11-13/h2-3,5-6,8-9,11H,4,7,10H2,1H3,(H,21,23). The molecule has 0 heterocycles. The van der Waals surface area contributed by atoms with E-state index in [1.165, 1.54) is 24.8 Å². The van der Waals surface area contributed by atoms with Crippen LogP contribution in [0.2, 0.25) is 0 Å². The lowest BCUT2D eigenvalue weighted by Crippen LogP contribution is -2.13. The van der Waals surface area contributed by atoms with Gasteiger partial charge in [-0.25, -0.2) is 8.78 Å². The molecule has 0 aliphatic rings. The van der Waals surface area contributed by atoms with Crippen LogP contribution in [0.5, 0.6) is 0 Å². The molecule has 2 aromatic carbocycles. The van der Waals surface area contributed by atoms with Crippen molar-refractivity contribution in [2.75, 3.05) is 11.1 Å². The molecule has 1 amide bonds. The summed E-state index contributed by atoms with van der Waals surface area (Å²) in [6.45, 7) is 1.45. The van der Waals surface area contributed by atoms with E-state index in [1.54, 1.807) is 24.3 Å². The summed E-state index contributed by atoms with van der Waals surface area (Å²) in [7, 11) is 0. The van der Waals surface area contributed by atoms with Gasteiger partial charge in [0.1, 0.15) is 0 Å². The Balaban J connectivity index is 1.79. The summed E-state index contributed by atoms with van der Waals surface area (Å²) in [5, 5.41) is 2.73. The lowest BCUT2D eigenvalue weighted by Gasteiger charge is -2.09. The number of thioether (sulfide) groups is 1. The van der Waals surface area contributed by atoms with Gasteiger partial charge in [0.15, 0.2) is 17.4 Å². The van der Waals surface area contributed by atoms with Gasteiger partial charge in [0, 0.05) is 16.9 Å². The van der Waals surface area contributed by atoms with Crippen molar-refractivity contribution < 1.29 is 18.4 Å². The van der Waals surface area contributed by atoms with E-state index in [9.17, 15) is 18.4 Å². The minimum Gasteiger partial charge on any atom is -0.325 e. The maximum atomic E-state index is 13.1. The van der Waals surface area contributed by atoms with Crippen molar-refractivity contribution in [3.8, 4) is 0 Å². The molecule has 0 bridgehead atoms. The third-order valence-corrected chi connectivity index (χ3v) is 4.37. The predicted molar refractivity (Wildman–Crippen MR) is 91.4 cm³/mol. The van der Waals surface area contributed by atoms with E-state index < -0.39 is 11.6 Å². The van der Waals surface area contributed by atoms with Gasteiger partial charge in [-0.3, -0.25) is 9.59 Å². The van der Waals surface area contributed by atoms with Crippen LogP contribution in [0.3, 0.4) is 0 Å². The van der Waals surface area contributed by atoms with E-state index in [0.717, 1.165) is 12.1 Å². The summed E-state index contributed by atoms with van der Waals surface area (Å²) in [6.07, 6.45) is 0.862. The first-order valence-electron chi connectivity index (χ1n) is 7.45. The van der Waals surface area contributed by atoms with Crippen molar-refractivity contribution in [2.45, 2.75) is 24.7 Å². The number of hydrogen-bond donors (Lipinski definition) is 1. The van der Waals surface area contributed by atoms with Crippen LogP contribution in [0, 0.1) is 11.6 Å². The molecule has 0 radical (unpaired) electrons. The molecule has 0 unspecified atom stereocenters. The number of carbonyl (C=O) groups excluding carboxylic acids is 2. The van der Waals surface area contributed by atoms with E-state index in [2.05, 4.69) is 5.32 Å². The molecule has 3 nitrogen and oxygen atoms in total. The minimum absolute atomic E-state index is 0.111. The smallest absolute Gasteiger partial charge is 0.224 e. The Labute approximate surface area is 143 Å². The van der Waals surface area contributed by atoms with Crippen LogP contribution >= 0.6 is 11.8 Å². The maximum absolute atomic E-state index is 13.1. The van der Waals surface area contributed by atoms with Crippen molar-refractivity contribution in [2.24, 2.45) is 0 Å². The Hall–Kier alpha value is -2.21. The first-order valence-corrected chi connectivity index (χ1v) is 8.43. The third-order valence-electron chi connectivity index (χ3n) is 3.29. The highest BCUT2D eigenvalue weighted by atomic mass is 32.2. The fourth-order valence-electron chi connectivity index (χ4n) is 2.10. The molecule has 126 valence electrons. The van der Waals surface area contributed by atoms with Crippen LogP contribution in [0.1, 0.15) is 30.1 Å². The molecule has 0 spiro atoms. The largest absolute Gasteiger partial charge is 0.325 e. The molecule has 24 heavy (non-hydrogen) atoms. The lowest BCUT2D eigenvalue weighted by atomic mass is 10.1. The van der Waals surface area contributed by atoms with Crippen molar-refractivity contribution in [3.05, 3.63) is 59.7 Å². The van der Waals surface area contributed by atoms with Crippen molar-refractivity contribution in [1.82, 2.24) is 0 Å². The number of hydrogen-bond acceptors (Lipinski definition) is 3. The van der Waals surface area contributed by atoms with Crippen LogP contribution in [0.25, 0.3) is 0 Å². The highest BCUT2D eigenvalue weighted by Crippen LogP contribution is 2.22. The Morgan fingerprint density at radius 1 is 1.08 bits per heavy atom. The van der Waals surface area contributed by atoms with Gasteiger partial charge in [-0.05, 0) is 49.4 Å². The second-order valence-electron chi connectivity index (χ2n) is 5.18. The summed E-state index contributed by atoms with van der Waals surface area (Å²) in [6, 6.07) is 10.6. The maximum Gasteiger partial charge on any atom is 0.224 e. The van der Waals surface area contributed by atoms with E-state index in [1.807, 2.05) is 0 Å². The molecule has 0 aliphatic carbocycles. The van der Waals surface area contributed by atoms with Crippen LogP contribution in [-0.2, 0) is 4.79 Å². The predicted octanol–water partition coefficient (Wildman–Crippen LogP) is 4.68. The average molecular weight is 349 g/mol. The Bertz CT molecular complexity index is 750. The molecule has 0 aliphatic heterocycles. The number of amides is 1. The van der Waals surface area contributed by atoms with Gasteiger partial charge in [-0.1, -0.05) is 12.1 Å². The third kappa shape index (κ3) is 5.16. The Morgan fingerprint density at radius 3 is 2.54 bits per heavy atom. The lowest BCUT2D eigenvalue weighted by molar-refractivity contribution is -0.116. The molecule has 2 rings (SSSR count). The Morgan fingerprint density at radius 2 is 1.83 bits per heavy atom. The van der Waals surface area contributed by atoms with Gasteiger partial charge in [0.05, 0.1) is 5.69 Å². The van der Waals surface area contributed by atoms with Crippen molar-refractivity contribution >= 4 is 29.1 Å².